The van der Waals surface area contributed by atoms with Gasteiger partial charge in [0, 0.05) is 31.4 Å². The molecule has 3 rings (SSSR count). The van der Waals surface area contributed by atoms with Gasteiger partial charge in [-0.25, -0.2) is 13.8 Å². The van der Waals surface area contributed by atoms with Gasteiger partial charge in [0.1, 0.15) is 0 Å². The fourth-order valence-electron chi connectivity index (χ4n) is 3.38. The van der Waals surface area contributed by atoms with Crippen molar-refractivity contribution in [3.05, 3.63) is 53.6 Å². The molecule has 1 fully saturated rings. The molecule has 30 heavy (non-hydrogen) atoms. The first-order valence-corrected chi connectivity index (χ1v) is 9.45. The summed E-state index contributed by atoms with van der Waals surface area (Å²) < 4.78 is 37.1. The van der Waals surface area contributed by atoms with Crippen molar-refractivity contribution in [2.45, 2.75) is 13.0 Å². The summed E-state index contributed by atoms with van der Waals surface area (Å²) in [4.78, 5) is 6.41. The highest BCUT2D eigenvalue weighted by Crippen LogP contribution is 2.28. The number of aliphatic imine (C=N–C) groups is 1. The van der Waals surface area contributed by atoms with Crippen molar-refractivity contribution in [2.75, 3.05) is 38.8 Å². The summed E-state index contributed by atoms with van der Waals surface area (Å²) in [6, 6.07) is 9.62. The number of halogens is 3. The van der Waals surface area contributed by atoms with Crippen LogP contribution in [0, 0.1) is 17.6 Å². The van der Waals surface area contributed by atoms with Crippen LogP contribution in [-0.2, 0) is 6.54 Å². The molecule has 6 nitrogen and oxygen atoms in total. The molecule has 0 aromatic heterocycles. The zero-order valence-electron chi connectivity index (χ0n) is 17.0. The van der Waals surface area contributed by atoms with Gasteiger partial charge in [0.25, 0.3) is 0 Å². The molecule has 1 aliphatic heterocycles. The predicted octanol–water partition coefficient (Wildman–Crippen LogP) is 3.53. The Balaban J connectivity index is 0.00000320. The summed E-state index contributed by atoms with van der Waals surface area (Å²) in [5.41, 5.74) is 7.64. The van der Waals surface area contributed by atoms with Crippen molar-refractivity contribution in [3.8, 4) is 11.5 Å². The molecule has 0 radical (unpaired) electrons. The van der Waals surface area contributed by atoms with Gasteiger partial charge >= 0.3 is 0 Å². The molecular weight excluding hydrogens is 505 g/mol. The smallest absolute Gasteiger partial charge is 0.188 e. The van der Waals surface area contributed by atoms with Gasteiger partial charge in [-0.3, -0.25) is 0 Å². The number of guanidine groups is 1. The number of ether oxygens (including phenoxy) is 2. The molecule has 9 heteroatoms. The van der Waals surface area contributed by atoms with Crippen molar-refractivity contribution < 1.29 is 18.3 Å². The third kappa shape index (κ3) is 6.10. The first-order chi connectivity index (χ1) is 14.0. The zero-order chi connectivity index (χ0) is 20.8. The van der Waals surface area contributed by atoms with Crippen molar-refractivity contribution in [1.82, 2.24) is 5.32 Å². The van der Waals surface area contributed by atoms with E-state index in [0.29, 0.717) is 42.2 Å². The number of anilines is 1. The molecule has 0 aliphatic carbocycles. The maximum atomic E-state index is 13.4. The molecule has 2 aromatic carbocycles. The summed E-state index contributed by atoms with van der Waals surface area (Å²) in [5.74, 6) is 0.373. The Hall–Kier alpha value is -2.30. The quantitative estimate of drug-likeness (QED) is 0.325. The van der Waals surface area contributed by atoms with Gasteiger partial charge in [0.2, 0.25) is 0 Å². The summed E-state index contributed by atoms with van der Waals surface area (Å²) in [6.45, 7) is 2.63. The molecule has 1 aliphatic rings. The highest BCUT2D eigenvalue weighted by atomic mass is 127. The molecule has 2 aromatic rings. The molecule has 1 unspecified atom stereocenters. The lowest BCUT2D eigenvalue weighted by atomic mass is 10.1. The summed E-state index contributed by atoms with van der Waals surface area (Å²) in [7, 11) is 3.18. The normalized spacial score (nSPS) is 16.2. The Morgan fingerprint density at radius 3 is 2.60 bits per heavy atom. The third-order valence-electron chi connectivity index (χ3n) is 5.01. The van der Waals surface area contributed by atoms with E-state index < -0.39 is 11.6 Å². The van der Waals surface area contributed by atoms with Crippen LogP contribution >= 0.6 is 24.0 Å². The van der Waals surface area contributed by atoms with Crippen LogP contribution in [0.1, 0.15) is 12.0 Å². The standard InChI is InChI=1S/C21H26F2N4O2.HI/c1-28-19-6-3-14(9-20(19)29-2)11-25-21(24)26-12-15-7-8-27(13-15)16-4-5-17(22)18(23)10-16;/h3-6,9-10,15H,7-8,11-13H2,1-2H3,(H3,24,25,26);1H. The van der Waals surface area contributed by atoms with Gasteiger partial charge in [0.05, 0.1) is 20.8 Å². The van der Waals surface area contributed by atoms with E-state index in [9.17, 15) is 8.78 Å². The largest absolute Gasteiger partial charge is 0.493 e. The molecular formula is C21H27F2IN4O2. The van der Waals surface area contributed by atoms with Crippen molar-refractivity contribution >= 4 is 35.6 Å². The fraction of sp³-hybridized carbons (Fsp3) is 0.381. The SMILES string of the molecule is COc1ccc(CN=C(N)NCC2CCN(c3ccc(F)c(F)c3)C2)cc1OC.I. The molecule has 0 spiro atoms. The average molecular weight is 532 g/mol. The number of nitrogens with one attached hydrogen (secondary N) is 1. The van der Waals surface area contributed by atoms with Crippen LogP contribution in [-0.4, -0.2) is 39.8 Å². The number of hydrogen-bond donors (Lipinski definition) is 2. The van der Waals surface area contributed by atoms with Crippen LogP contribution < -0.4 is 25.4 Å². The van der Waals surface area contributed by atoms with Crippen LogP contribution in [0.4, 0.5) is 14.5 Å². The highest BCUT2D eigenvalue weighted by molar-refractivity contribution is 14.0. The molecule has 0 saturated carbocycles. The van der Waals surface area contributed by atoms with Crippen molar-refractivity contribution in [2.24, 2.45) is 16.6 Å². The Morgan fingerprint density at radius 2 is 1.90 bits per heavy atom. The lowest BCUT2D eigenvalue weighted by Gasteiger charge is -2.19. The minimum Gasteiger partial charge on any atom is -0.493 e. The zero-order valence-corrected chi connectivity index (χ0v) is 19.4. The van der Waals surface area contributed by atoms with E-state index in [1.54, 1.807) is 20.3 Å². The molecule has 164 valence electrons. The van der Waals surface area contributed by atoms with E-state index in [0.717, 1.165) is 31.1 Å². The molecule has 3 N–H and O–H groups in total. The van der Waals surface area contributed by atoms with Crippen LogP contribution in [0.5, 0.6) is 11.5 Å². The summed E-state index contributed by atoms with van der Waals surface area (Å²) in [6.07, 6.45) is 0.939. The van der Waals surface area contributed by atoms with E-state index in [2.05, 4.69) is 10.3 Å². The second-order valence-corrected chi connectivity index (χ2v) is 6.97. The number of rotatable bonds is 7. The van der Waals surface area contributed by atoms with Crippen LogP contribution in [0.25, 0.3) is 0 Å². The van der Waals surface area contributed by atoms with Crippen LogP contribution in [0.2, 0.25) is 0 Å². The van der Waals surface area contributed by atoms with Crippen LogP contribution in [0.15, 0.2) is 41.4 Å². The van der Waals surface area contributed by atoms with E-state index >= 15 is 0 Å². The molecule has 1 atom stereocenters. The second kappa shape index (κ2) is 11.2. The summed E-state index contributed by atoms with van der Waals surface area (Å²) >= 11 is 0. The number of nitrogens with zero attached hydrogens (tertiary/aromatic N) is 2. The minimum absolute atomic E-state index is 0. The van der Waals surface area contributed by atoms with Crippen LogP contribution in [0.3, 0.4) is 0 Å². The lowest BCUT2D eigenvalue weighted by molar-refractivity contribution is 0.354. The van der Waals surface area contributed by atoms with Gasteiger partial charge in [0.15, 0.2) is 29.1 Å². The van der Waals surface area contributed by atoms with Gasteiger partial charge < -0.3 is 25.4 Å². The Kier molecular flexibility index (Phi) is 8.94. The topological polar surface area (TPSA) is 72.1 Å². The molecule has 1 saturated heterocycles. The van der Waals surface area contributed by atoms with E-state index in [1.165, 1.54) is 6.07 Å². The maximum absolute atomic E-state index is 13.4. The van der Waals surface area contributed by atoms with Crippen molar-refractivity contribution in [1.29, 1.82) is 0 Å². The monoisotopic (exact) mass is 532 g/mol. The Bertz CT molecular complexity index is 882. The second-order valence-electron chi connectivity index (χ2n) is 6.97. The van der Waals surface area contributed by atoms with Gasteiger partial charge in [-0.05, 0) is 42.2 Å². The first kappa shape index (κ1) is 24.0. The lowest BCUT2D eigenvalue weighted by Crippen LogP contribution is -2.36. The molecule has 0 bridgehead atoms. The summed E-state index contributed by atoms with van der Waals surface area (Å²) in [5, 5.41) is 3.15. The first-order valence-electron chi connectivity index (χ1n) is 9.45. The molecule has 1 heterocycles. The Morgan fingerprint density at radius 1 is 1.13 bits per heavy atom. The van der Waals surface area contributed by atoms with Gasteiger partial charge in [-0.2, -0.15) is 0 Å². The van der Waals surface area contributed by atoms with E-state index in [1.807, 2.05) is 23.1 Å². The van der Waals surface area contributed by atoms with Gasteiger partial charge in [-0.15, -0.1) is 24.0 Å². The maximum Gasteiger partial charge on any atom is 0.188 e. The number of benzene rings is 2. The minimum atomic E-state index is -0.829. The number of hydrogen-bond acceptors (Lipinski definition) is 4. The average Bonchev–Trinajstić information content (AvgIpc) is 3.21. The number of methoxy groups -OCH3 is 2. The fourth-order valence-corrected chi connectivity index (χ4v) is 3.38. The molecule has 0 amide bonds. The van der Waals surface area contributed by atoms with E-state index in [4.69, 9.17) is 15.2 Å². The number of nitrogens with two attached hydrogens (primary N) is 1. The van der Waals surface area contributed by atoms with Gasteiger partial charge in [-0.1, -0.05) is 6.07 Å². The van der Waals surface area contributed by atoms with Crippen molar-refractivity contribution in [3.63, 3.8) is 0 Å². The third-order valence-corrected chi connectivity index (χ3v) is 5.01. The highest BCUT2D eigenvalue weighted by Gasteiger charge is 2.23. The van der Waals surface area contributed by atoms with E-state index in [-0.39, 0.29) is 24.0 Å². The predicted molar refractivity (Wildman–Crippen MR) is 125 cm³/mol. The Labute approximate surface area is 192 Å².